The Balaban J connectivity index is 0.00000272. The van der Waals surface area contributed by atoms with Gasteiger partial charge in [-0.05, 0) is 64.6 Å². The summed E-state index contributed by atoms with van der Waals surface area (Å²) < 4.78 is 9.87. The number of carbonyl (C=O) groups excluding carboxylic acids is 2. The quantitative estimate of drug-likeness (QED) is 0.301. The molecule has 0 amide bonds. The molecular formula is C23H21N2NaO5. The van der Waals surface area contributed by atoms with Gasteiger partial charge in [0.2, 0.25) is 0 Å². The summed E-state index contributed by atoms with van der Waals surface area (Å²) in [5, 5.41) is 19.8. The van der Waals surface area contributed by atoms with Crippen molar-refractivity contribution in [2.24, 2.45) is 5.92 Å². The number of carboxylic acid groups (broad SMARTS) is 1. The van der Waals surface area contributed by atoms with Gasteiger partial charge in [-0.2, -0.15) is 0 Å². The second kappa shape index (κ2) is 10.2. The van der Waals surface area contributed by atoms with Gasteiger partial charge in [-0.3, -0.25) is 4.79 Å². The number of ketones is 1. The van der Waals surface area contributed by atoms with Crippen LogP contribution in [0.5, 0.6) is 5.75 Å². The number of rotatable bonds is 7. The third-order valence-corrected chi connectivity index (χ3v) is 5.64. The molecule has 2 aromatic carbocycles. The van der Waals surface area contributed by atoms with Gasteiger partial charge in [0.15, 0.2) is 5.78 Å². The first-order chi connectivity index (χ1) is 14.6. The summed E-state index contributed by atoms with van der Waals surface area (Å²) in [6.07, 6.45) is 4.53. The van der Waals surface area contributed by atoms with Gasteiger partial charge in [-0.1, -0.05) is 31.7 Å². The fraction of sp³-hybridized carbons (Fsp3) is 0.304. The molecule has 1 fully saturated rings. The van der Waals surface area contributed by atoms with E-state index in [1.54, 1.807) is 49.6 Å². The van der Waals surface area contributed by atoms with Gasteiger partial charge < -0.3 is 14.6 Å². The van der Waals surface area contributed by atoms with E-state index in [9.17, 15) is 14.7 Å². The zero-order valence-electron chi connectivity index (χ0n) is 17.6. The van der Waals surface area contributed by atoms with Crippen molar-refractivity contribution in [2.45, 2.75) is 32.1 Å². The summed E-state index contributed by atoms with van der Waals surface area (Å²) in [5.74, 6) is -0.811. The maximum Gasteiger partial charge on any atom is 1.00 e. The fourth-order valence-corrected chi connectivity index (χ4v) is 4.08. The number of ether oxygens (including phenoxy) is 1. The minimum Gasteiger partial charge on any atom is -0.545 e. The summed E-state index contributed by atoms with van der Waals surface area (Å²) in [6.45, 7) is 0. The van der Waals surface area contributed by atoms with Gasteiger partial charge in [0.1, 0.15) is 16.8 Å². The molecule has 0 radical (unpaired) electrons. The molecular weight excluding hydrogens is 407 g/mol. The molecule has 8 heteroatoms. The summed E-state index contributed by atoms with van der Waals surface area (Å²) >= 11 is 0. The average Bonchev–Trinajstić information content (AvgIpc) is 3.44. The van der Waals surface area contributed by atoms with E-state index in [4.69, 9.17) is 9.37 Å². The van der Waals surface area contributed by atoms with Crippen LogP contribution in [0.25, 0.3) is 16.6 Å². The standard InChI is InChI=1S/C23H22N2O5.Na/c1-29-17-9-6-15(7-10-17)22(26)18(12-14-4-2-3-5-14)21(23(27)28)16-8-11-19-20(13-16)25-30-24-19;/h6-11,13-14H,2-5,12H2,1H3,(H,27,28);/q;+1/p-1/b21-18+;. The molecule has 4 rings (SSSR count). The van der Waals surface area contributed by atoms with Crippen LogP contribution < -0.4 is 39.4 Å². The fourth-order valence-electron chi connectivity index (χ4n) is 4.08. The van der Waals surface area contributed by atoms with Gasteiger partial charge in [0, 0.05) is 16.7 Å². The summed E-state index contributed by atoms with van der Waals surface area (Å²) in [5.41, 5.74) is 1.84. The number of carboxylic acids is 1. The molecule has 7 nitrogen and oxygen atoms in total. The van der Waals surface area contributed by atoms with Gasteiger partial charge in [0.25, 0.3) is 0 Å². The van der Waals surface area contributed by atoms with Crippen LogP contribution in [0.15, 0.2) is 52.7 Å². The Kier molecular flexibility index (Phi) is 7.64. The van der Waals surface area contributed by atoms with Crippen LogP contribution in [0, 0.1) is 5.92 Å². The number of fused-ring (bicyclic) bond motifs is 1. The van der Waals surface area contributed by atoms with Crippen LogP contribution in [0.1, 0.15) is 48.0 Å². The molecule has 0 aliphatic heterocycles. The summed E-state index contributed by atoms with van der Waals surface area (Å²) in [4.78, 5) is 25.7. The largest absolute Gasteiger partial charge is 1.00 e. The first-order valence-corrected chi connectivity index (χ1v) is 9.92. The van der Waals surface area contributed by atoms with Crippen molar-refractivity contribution in [2.75, 3.05) is 7.11 Å². The molecule has 1 aromatic heterocycles. The Morgan fingerprint density at radius 2 is 1.68 bits per heavy atom. The van der Waals surface area contributed by atoms with Gasteiger partial charge in [0.05, 0.1) is 13.1 Å². The number of methoxy groups -OCH3 is 1. The minimum absolute atomic E-state index is 0. The van der Waals surface area contributed by atoms with Gasteiger partial charge >= 0.3 is 29.6 Å². The van der Waals surface area contributed by atoms with Gasteiger partial charge in [-0.15, -0.1) is 0 Å². The van der Waals surface area contributed by atoms with E-state index in [1.807, 2.05) is 0 Å². The molecule has 1 aliphatic rings. The van der Waals surface area contributed by atoms with Crippen LogP contribution in [0.4, 0.5) is 0 Å². The SMILES string of the molecule is COc1ccc(C(=O)/C(CC2CCCC2)=C(/C(=O)[O-])c2ccc3nonc3c2)cc1.[Na+]. The Hall–Kier alpha value is -2.48. The number of carbonyl (C=O) groups is 2. The van der Waals surface area contributed by atoms with Crippen molar-refractivity contribution in [1.82, 2.24) is 10.3 Å². The number of nitrogens with zero attached hydrogens (tertiary/aromatic N) is 2. The molecule has 0 N–H and O–H groups in total. The second-order valence-corrected chi connectivity index (χ2v) is 7.52. The number of aromatic nitrogens is 2. The van der Waals surface area contributed by atoms with E-state index in [0.29, 0.717) is 34.3 Å². The van der Waals surface area contributed by atoms with Crippen LogP contribution in [-0.2, 0) is 4.79 Å². The van der Waals surface area contributed by atoms with Crippen molar-refractivity contribution < 1.29 is 53.6 Å². The third kappa shape index (κ3) is 5.06. The smallest absolute Gasteiger partial charge is 0.545 e. The van der Waals surface area contributed by atoms with Crippen molar-refractivity contribution in [3.8, 4) is 5.75 Å². The molecule has 1 heterocycles. The zero-order valence-corrected chi connectivity index (χ0v) is 19.6. The van der Waals surface area contributed by atoms with Crippen LogP contribution in [-0.4, -0.2) is 29.2 Å². The molecule has 0 bridgehead atoms. The summed E-state index contributed by atoms with van der Waals surface area (Å²) in [6, 6.07) is 11.5. The number of hydrogen-bond donors (Lipinski definition) is 0. The van der Waals surface area contributed by atoms with Gasteiger partial charge in [-0.25, -0.2) is 4.63 Å². The Morgan fingerprint density at radius 1 is 1.03 bits per heavy atom. The molecule has 31 heavy (non-hydrogen) atoms. The molecule has 0 saturated heterocycles. The predicted molar refractivity (Wildman–Crippen MR) is 108 cm³/mol. The average molecular weight is 428 g/mol. The first-order valence-electron chi connectivity index (χ1n) is 9.92. The number of allylic oxidation sites excluding steroid dienone is 1. The van der Waals surface area contributed by atoms with E-state index in [2.05, 4.69) is 10.3 Å². The van der Waals surface area contributed by atoms with E-state index in [-0.39, 0.29) is 52.4 Å². The topological polar surface area (TPSA) is 105 Å². The predicted octanol–water partition coefficient (Wildman–Crippen LogP) is 0.202. The monoisotopic (exact) mass is 428 g/mol. The maximum atomic E-state index is 13.4. The van der Waals surface area contributed by atoms with Crippen molar-refractivity contribution >= 4 is 28.4 Å². The van der Waals surface area contributed by atoms with Crippen molar-refractivity contribution in [3.05, 3.63) is 59.2 Å². The summed E-state index contributed by atoms with van der Waals surface area (Å²) in [7, 11) is 1.55. The van der Waals surface area contributed by atoms with E-state index < -0.39 is 5.97 Å². The minimum atomic E-state index is -1.39. The van der Waals surface area contributed by atoms with E-state index in [1.165, 1.54) is 0 Å². The Labute approximate surface area is 201 Å². The molecule has 3 aromatic rings. The Bertz CT molecular complexity index is 1110. The Morgan fingerprint density at radius 3 is 2.32 bits per heavy atom. The zero-order chi connectivity index (χ0) is 21.1. The molecule has 154 valence electrons. The first kappa shape index (κ1) is 23.2. The number of Topliss-reactive ketones (excluding diaryl/α,β-unsaturated/α-hetero) is 1. The molecule has 0 unspecified atom stereocenters. The number of benzene rings is 2. The van der Waals surface area contributed by atoms with Crippen molar-refractivity contribution in [3.63, 3.8) is 0 Å². The van der Waals surface area contributed by atoms with Crippen LogP contribution >= 0.6 is 0 Å². The molecule has 0 spiro atoms. The van der Waals surface area contributed by atoms with Crippen LogP contribution in [0.3, 0.4) is 0 Å². The third-order valence-electron chi connectivity index (χ3n) is 5.64. The second-order valence-electron chi connectivity index (χ2n) is 7.52. The maximum absolute atomic E-state index is 13.4. The molecule has 1 saturated carbocycles. The van der Waals surface area contributed by atoms with E-state index in [0.717, 1.165) is 25.7 Å². The van der Waals surface area contributed by atoms with Crippen LogP contribution in [0.2, 0.25) is 0 Å². The molecule has 1 aliphatic carbocycles. The normalized spacial score (nSPS) is 14.7. The van der Waals surface area contributed by atoms with Crippen molar-refractivity contribution in [1.29, 1.82) is 0 Å². The number of aliphatic carboxylic acids is 1. The number of hydrogen-bond acceptors (Lipinski definition) is 7. The molecule has 0 atom stereocenters. The van der Waals surface area contributed by atoms with E-state index >= 15 is 0 Å².